The van der Waals surface area contributed by atoms with Crippen molar-refractivity contribution in [2.24, 2.45) is 0 Å². The number of anilines is 1. The molecule has 1 N–H and O–H groups in total. The standard InChI is InChI=1S/C12H14ClNO3/c1-3-17-12-6-9(11(16)7-13)4-5-10(12)14-8(2)15/h4-6H,3,7H2,1-2H3,(H,14,15). The second-order valence-electron chi connectivity index (χ2n) is 3.38. The lowest BCUT2D eigenvalue weighted by Crippen LogP contribution is -2.09. The highest BCUT2D eigenvalue weighted by Gasteiger charge is 2.10. The molecule has 0 bridgehead atoms. The van der Waals surface area contributed by atoms with Gasteiger partial charge in [-0.05, 0) is 25.1 Å². The first kappa shape index (κ1) is 13.5. The molecule has 5 heteroatoms. The van der Waals surface area contributed by atoms with Gasteiger partial charge in [0, 0.05) is 12.5 Å². The molecule has 92 valence electrons. The molecule has 0 aliphatic heterocycles. The van der Waals surface area contributed by atoms with E-state index in [1.165, 1.54) is 6.92 Å². The lowest BCUT2D eigenvalue weighted by molar-refractivity contribution is -0.114. The van der Waals surface area contributed by atoms with Gasteiger partial charge in [-0.3, -0.25) is 9.59 Å². The highest BCUT2D eigenvalue weighted by molar-refractivity contribution is 6.30. The quantitative estimate of drug-likeness (QED) is 0.650. The van der Waals surface area contributed by atoms with Gasteiger partial charge in [0.1, 0.15) is 5.75 Å². The molecule has 0 radical (unpaired) electrons. The molecule has 0 spiro atoms. The van der Waals surface area contributed by atoms with E-state index >= 15 is 0 Å². The van der Waals surface area contributed by atoms with Crippen LogP contribution < -0.4 is 10.1 Å². The average Bonchev–Trinajstić information content (AvgIpc) is 2.30. The Morgan fingerprint density at radius 3 is 2.65 bits per heavy atom. The first-order valence-corrected chi connectivity index (χ1v) is 5.75. The van der Waals surface area contributed by atoms with E-state index in [0.29, 0.717) is 23.6 Å². The summed E-state index contributed by atoms with van der Waals surface area (Å²) in [7, 11) is 0. The Kier molecular flexibility index (Phi) is 4.97. The van der Waals surface area contributed by atoms with Crippen LogP contribution in [0.3, 0.4) is 0 Å². The van der Waals surface area contributed by atoms with Crippen molar-refractivity contribution in [3.05, 3.63) is 23.8 Å². The first-order valence-electron chi connectivity index (χ1n) is 5.22. The fraction of sp³-hybridized carbons (Fsp3) is 0.333. The molecule has 17 heavy (non-hydrogen) atoms. The second kappa shape index (κ2) is 6.25. The number of rotatable bonds is 5. The van der Waals surface area contributed by atoms with Crippen molar-refractivity contribution in [3.63, 3.8) is 0 Å². The van der Waals surface area contributed by atoms with Crippen LogP contribution in [0.4, 0.5) is 5.69 Å². The van der Waals surface area contributed by atoms with Crippen LogP contribution in [0, 0.1) is 0 Å². The maximum atomic E-state index is 11.4. The van der Waals surface area contributed by atoms with E-state index in [-0.39, 0.29) is 17.6 Å². The summed E-state index contributed by atoms with van der Waals surface area (Å²) in [5.41, 5.74) is 1.02. The number of benzene rings is 1. The second-order valence-corrected chi connectivity index (χ2v) is 3.65. The van der Waals surface area contributed by atoms with Gasteiger partial charge < -0.3 is 10.1 Å². The van der Waals surface area contributed by atoms with Crippen molar-refractivity contribution in [1.82, 2.24) is 0 Å². The van der Waals surface area contributed by atoms with Crippen LogP contribution in [0.25, 0.3) is 0 Å². The normalized spacial score (nSPS) is 9.82. The van der Waals surface area contributed by atoms with E-state index in [1.807, 2.05) is 6.92 Å². The molecular formula is C12H14ClNO3. The molecule has 4 nitrogen and oxygen atoms in total. The third kappa shape index (κ3) is 3.75. The number of carbonyl (C=O) groups excluding carboxylic acids is 2. The maximum absolute atomic E-state index is 11.4. The third-order valence-corrected chi connectivity index (χ3v) is 2.28. The van der Waals surface area contributed by atoms with Gasteiger partial charge in [-0.15, -0.1) is 11.6 Å². The van der Waals surface area contributed by atoms with Crippen molar-refractivity contribution in [2.75, 3.05) is 17.8 Å². The van der Waals surface area contributed by atoms with Crippen molar-refractivity contribution < 1.29 is 14.3 Å². The maximum Gasteiger partial charge on any atom is 0.221 e. The Morgan fingerprint density at radius 1 is 1.41 bits per heavy atom. The zero-order chi connectivity index (χ0) is 12.8. The Bertz CT molecular complexity index is 432. The minimum Gasteiger partial charge on any atom is -0.492 e. The Labute approximate surface area is 105 Å². The van der Waals surface area contributed by atoms with Crippen molar-refractivity contribution in [2.45, 2.75) is 13.8 Å². The predicted octanol–water partition coefficient (Wildman–Crippen LogP) is 2.47. The fourth-order valence-corrected chi connectivity index (χ4v) is 1.50. The molecule has 1 rings (SSSR count). The summed E-state index contributed by atoms with van der Waals surface area (Å²) < 4.78 is 5.36. The molecule has 0 atom stereocenters. The molecule has 0 fully saturated rings. The number of Topliss-reactive ketones (excluding diaryl/α,β-unsaturated/α-hetero) is 1. The van der Waals surface area contributed by atoms with Gasteiger partial charge in [-0.2, -0.15) is 0 Å². The van der Waals surface area contributed by atoms with Gasteiger partial charge >= 0.3 is 0 Å². The monoisotopic (exact) mass is 255 g/mol. The molecule has 0 saturated carbocycles. The zero-order valence-electron chi connectivity index (χ0n) is 9.75. The van der Waals surface area contributed by atoms with Crippen LogP contribution >= 0.6 is 11.6 Å². The first-order chi connectivity index (χ1) is 8.08. The number of nitrogens with one attached hydrogen (secondary N) is 1. The minimum atomic E-state index is -0.192. The molecule has 0 unspecified atom stereocenters. The molecule has 1 aromatic rings. The van der Waals surface area contributed by atoms with Gasteiger partial charge in [0.05, 0.1) is 18.2 Å². The van der Waals surface area contributed by atoms with Gasteiger partial charge in [-0.1, -0.05) is 0 Å². The average molecular weight is 256 g/mol. The highest BCUT2D eigenvalue weighted by atomic mass is 35.5. The van der Waals surface area contributed by atoms with Crippen molar-refractivity contribution in [1.29, 1.82) is 0 Å². The predicted molar refractivity (Wildman–Crippen MR) is 67.0 cm³/mol. The summed E-state index contributed by atoms with van der Waals surface area (Å²) in [4.78, 5) is 22.4. The van der Waals surface area contributed by atoms with Crippen LogP contribution in [-0.2, 0) is 4.79 Å². The molecule has 0 aromatic heterocycles. The summed E-state index contributed by atoms with van der Waals surface area (Å²) >= 11 is 5.48. The zero-order valence-corrected chi connectivity index (χ0v) is 10.5. The number of carbonyl (C=O) groups is 2. The summed E-state index contributed by atoms with van der Waals surface area (Å²) in [6.07, 6.45) is 0. The van der Waals surface area contributed by atoms with E-state index in [0.717, 1.165) is 0 Å². The molecule has 0 aliphatic rings. The smallest absolute Gasteiger partial charge is 0.221 e. The number of alkyl halides is 1. The summed E-state index contributed by atoms with van der Waals surface area (Å²) in [6, 6.07) is 4.82. The van der Waals surface area contributed by atoms with E-state index in [1.54, 1.807) is 18.2 Å². The van der Waals surface area contributed by atoms with Gasteiger partial charge in [-0.25, -0.2) is 0 Å². The molecule has 0 heterocycles. The molecule has 0 saturated heterocycles. The molecular weight excluding hydrogens is 242 g/mol. The molecule has 1 amide bonds. The van der Waals surface area contributed by atoms with E-state index in [9.17, 15) is 9.59 Å². The van der Waals surface area contributed by atoms with Gasteiger partial charge in [0.15, 0.2) is 5.78 Å². The van der Waals surface area contributed by atoms with Crippen LogP contribution in [0.1, 0.15) is 24.2 Å². The third-order valence-electron chi connectivity index (χ3n) is 2.04. The van der Waals surface area contributed by atoms with E-state index in [2.05, 4.69) is 5.32 Å². The minimum absolute atomic E-state index is 0.0783. The number of amides is 1. The molecule has 1 aromatic carbocycles. The number of hydrogen-bond donors (Lipinski definition) is 1. The van der Waals surface area contributed by atoms with Gasteiger partial charge in [0.25, 0.3) is 0 Å². The summed E-state index contributed by atoms with van der Waals surface area (Å²) in [5.74, 6) is 0.0217. The fourth-order valence-electron chi connectivity index (χ4n) is 1.34. The van der Waals surface area contributed by atoms with Gasteiger partial charge in [0.2, 0.25) is 5.91 Å². The highest BCUT2D eigenvalue weighted by Crippen LogP contribution is 2.26. The van der Waals surface area contributed by atoms with E-state index in [4.69, 9.17) is 16.3 Å². The Morgan fingerprint density at radius 2 is 2.12 bits per heavy atom. The van der Waals surface area contributed by atoms with Crippen LogP contribution in [0.15, 0.2) is 18.2 Å². The number of ketones is 1. The van der Waals surface area contributed by atoms with Crippen LogP contribution in [-0.4, -0.2) is 24.2 Å². The number of ether oxygens (including phenoxy) is 1. The molecule has 0 aliphatic carbocycles. The number of halogens is 1. The topological polar surface area (TPSA) is 55.4 Å². The SMILES string of the molecule is CCOc1cc(C(=O)CCl)ccc1NC(C)=O. The summed E-state index contributed by atoms with van der Waals surface area (Å²) in [6.45, 7) is 3.69. The Balaban J connectivity index is 3.07. The Hall–Kier alpha value is -1.55. The van der Waals surface area contributed by atoms with Crippen LogP contribution in [0.2, 0.25) is 0 Å². The van der Waals surface area contributed by atoms with E-state index < -0.39 is 0 Å². The lowest BCUT2D eigenvalue weighted by Gasteiger charge is -2.11. The summed E-state index contributed by atoms with van der Waals surface area (Å²) in [5, 5.41) is 2.63. The lowest BCUT2D eigenvalue weighted by atomic mass is 10.1. The van der Waals surface area contributed by atoms with Crippen molar-refractivity contribution in [3.8, 4) is 5.75 Å². The largest absolute Gasteiger partial charge is 0.492 e. The van der Waals surface area contributed by atoms with Crippen LogP contribution in [0.5, 0.6) is 5.75 Å². The van der Waals surface area contributed by atoms with Crippen molar-refractivity contribution >= 4 is 29.0 Å². The number of hydrogen-bond acceptors (Lipinski definition) is 3.